The number of rotatable bonds is 3. The minimum atomic E-state index is 0.0120. The summed E-state index contributed by atoms with van der Waals surface area (Å²) in [5.41, 5.74) is 0.649. The van der Waals surface area contributed by atoms with E-state index in [1.54, 1.807) is 12.3 Å². The van der Waals surface area contributed by atoms with Gasteiger partial charge in [0.2, 0.25) is 0 Å². The van der Waals surface area contributed by atoms with Gasteiger partial charge in [0.15, 0.2) is 0 Å². The van der Waals surface area contributed by atoms with Crippen molar-refractivity contribution in [3.63, 3.8) is 0 Å². The quantitative estimate of drug-likeness (QED) is 0.836. The van der Waals surface area contributed by atoms with Crippen LogP contribution in [0.4, 0.5) is 0 Å². The lowest BCUT2D eigenvalue weighted by molar-refractivity contribution is 0.0896. The van der Waals surface area contributed by atoms with Crippen LogP contribution in [0.2, 0.25) is 0 Å². The van der Waals surface area contributed by atoms with Gasteiger partial charge in [0.05, 0.1) is 0 Å². The largest absolute Gasteiger partial charge is 0.357 e. The molecule has 2 N–H and O–H groups in total. The van der Waals surface area contributed by atoms with E-state index in [0.717, 1.165) is 25.9 Å². The number of aromatic amines is 1. The maximum absolute atomic E-state index is 11.8. The fourth-order valence-corrected chi connectivity index (χ4v) is 2.29. The van der Waals surface area contributed by atoms with Crippen molar-refractivity contribution < 1.29 is 4.79 Å². The first kappa shape index (κ1) is 12.2. The minimum absolute atomic E-state index is 0.0120. The van der Waals surface area contributed by atoms with E-state index in [1.807, 2.05) is 6.07 Å². The Hall–Kier alpha value is -1.29. The normalized spacial score (nSPS) is 18.5. The fourth-order valence-electron chi connectivity index (χ4n) is 2.29. The summed E-state index contributed by atoms with van der Waals surface area (Å²) >= 11 is 0. The van der Waals surface area contributed by atoms with E-state index < -0.39 is 0 Å². The molecule has 1 aromatic heterocycles. The van der Waals surface area contributed by atoms with Gasteiger partial charge in [0, 0.05) is 31.4 Å². The van der Waals surface area contributed by atoms with Crippen molar-refractivity contribution in [3.8, 4) is 0 Å². The smallest absolute Gasteiger partial charge is 0.267 e. The van der Waals surface area contributed by atoms with Crippen LogP contribution in [0.1, 0.15) is 37.2 Å². The van der Waals surface area contributed by atoms with Crippen LogP contribution < -0.4 is 5.32 Å². The van der Waals surface area contributed by atoms with Gasteiger partial charge in [-0.1, -0.05) is 0 Å². The highest BCUT2D eigenvalue weighted by atomic mass is 16.1. The Labute approximate surface area is 102 Å². The predicted octanol–water partition coefficient (Wildman–Crippen LogP) is 1.62. The first-order valence-corrected chi connectivity index (χ1v) is 6.35. The first-order chi connectivity index (χ1) is 8.16. The molecule has 0 radical (unpaired) electrons. The molecule has 2 heterocycles. The average Bonchev–Trinajstić information content (AvgIpc) is 2.83. The highest BCUT2D eigenvalue weighted by Crippen LogP contribution is 2.13. The summed E-state index contributed by atoms with van der Waals surface area (Å²) in [6, 6.07) is 4.57. The van der Waals surface area contributed by atoms with Gasteiger partial charge in [-0.3, -0.25) is 4.79 Å². The molecular weight excluding hydrogens is 214 g/mol. The lowest BCUT2D eigenvalue weighted by Gasteiger charge is -2.34. The second-order valence-corrected chi connectivity index (χ2v) is 4.96. The number of piperidine rings is 1. The molecule has 0 bridgehead atoms. The standard InChI is InChI=1S/C13H21N3O/c1-10(2)16-8-5-11(6-9-16)15-13(17)12-4-3-7-14-12/h3-4,7,10-11,14H,5-6,8-9H2,1-2H3,(H,15,17). The SMILES string of the molecule is CC(C)N1CCC(NC(=O)c2ccc[nH]2)CC1. The van der Waals surface area contributed by atoms with E-state index in [1.165, 1.54) is 0 Å². The Kier molecular flexibility index (Phi) is 3.84. The van der Waals surface area contributed by atoms with Gasteiger partial charge in [-0.2, -0.15) is 0 Å². The molecule has 2 rings (SSSR count). The van der Waals surface area contributed by atoms with E-state index in [0.29, 0.717) is 17.8 Å². The molecule has 0 saturated carbocycles. The lowest BCUT2D eigenvalue weighted by Crippen LogP contribution is -2.46. The lowest BCUT2D eigenvalue weighted by atomic mass is 10.0. The van der Waals surface area contributed by atoms with E-state index in [-0.39, 0.29) is 5.91 Å². The molecule has 1 fully saturated rings. The van der Waals surface area contributed by atoms with Crippen molar-refractivity contribution in [2.45, 2.75) is 38.8 Å². The van der Waals surface area contributed by atoms with Crippen LogP contribution in [0.5, 0.6) is 0 Å². The van der Waals surface area contributed by atoms with Crippen LogP contribution in [0.3, 0.4) is 0 Å². The van der Waals surface area contributed by atoms with Crippen LogP contribution in [0.25, 0.3) is 0 Å². The van der Waals surface area contributed by atoms with Crippen molar-refractivity contribution in [3.05, 3.63) is 24.0 Å². The van der Waals surface area contributed by atoms with E-state index in [9.17, 15) is 4.79 Å². The van der Waals surface area contributed by atoms with Crippen molar-refractivity contribution in [2.75, 3.05) is 13.1 Å². The van der Waals surface area contributed by atoms with Crippen LogP contribution in [0, 0.1) is 0 Å². The molecule has 4 heteroatoms. The number of H-pyrrole nitrogens is 1. The monoisotopic (exact) mass is 235 g/mol. The van der Waals surface area contributed by atoms with Gasteiger partial charge in [-0.15, -0.1) is 0 Å². The molecular formula is C13H21N3O. The molecule has 1 aromatic rings. The van der Waals surface area contributed by atoms with Crippen LogP contribution >= 0.6 is 0 Å². The molecule has 1 aliphatic rings. The van der Waals surface area contributed by atoms with Crippen molar-refractivity contribution in [1.82, 2.24) is 15.2 Å². The second-order valence-electron chi connectivity index (χ2n) is 4.96. The summed E-state index contributed by atoms with van der Waals surface area (Å²) in [5, 5.41) is 3.08. The second kappa shape index (κ2) is 5.36. The zero-order chi connectivity index (χ0) is 12.3. The Balaban J connectivity index is 1.80. The van der Waals surface area contributed by atoms with Gasteiger partial charge in [-0.05, 0) is 38.8 Å². The number of carbonyl (C=O) groups excluding carboxylic acids is 1. The Morgan fingerprint density at radius 3 is 2.71 bits per heavy atom. The number of carbonyl (C=O) groups is 1. The highest BCUT2D eigenvalue weighted by molar-refractivity contribution is 5.92. The molecule has 4 nitrogen and oxygen atoms in total. The number of aromatic nitrogens is 1. The van der Waals surface area contributed by atoms with Gasteiger partial charge in [0.1, 0.15) is 5.69 Å². The molecule has 0 aromatic carbocycles. The zero-order valence-corrected chi connectivity index (χ0v) is 10.6. The number of amides is 1. The van der Waals surface area contributed by atoms with E-state index >= 15 is 0 Å². The molecule has 0 aliphatic carbocycles. The summed E-state index contributed by atoms with van der Waals surface area (Å²) in [6.07, 6.45) is 3.87. The summed E-state index contributed by atoms with van der Waals surface area (Å²) in [6.45, 7) is 6.59. The van der Waals surface area contributed by atoms with E-state index in [4.69, 9.17) is 0 Å². The number of nitrogens with one attached hydrogen (secondary N) is 2. The third-order valence-corrected chi connectivity index (χ3v) is 3.44. The van der Waals surface area contributed by atoms with Crippen molar-refractivity contribution >= 4 is 5.91 Å². The van der Waals surface area contributed by atoms with Gasteiger partial charge >= 0.3 is 0 Å². The molecule has 1 amide bonds. The Morgan fingerprint density at radius 2 is 2.18 bits per heavy atom. The van der Waals surface area contributed by atoms with Crippen molar-refractivity contribution in [2.24, 2.45) is 0 Å². The number of nitrogens with zero attached hydrogens (tertiary/aromatic N) is 1. The zero-order valence-electron chi connectivity index (χ0n) is 10.6. The molecule has 1 aliphatic heterocycles. The van der Waals surface area contributed by atoms with E-state index in [2.05, 4.69) is 29.0 Å². The summed E-state index contributed by atoms with van der Waals surface area (Å²) in [4.78, 5) is 17.2. The third kappa shape index (κ3) is 3.09. The molecule has 94 valence electrons. The highest BCUT2D eigenvalue weighted by Gasteiger charge is 2.22. The van der Waals surface area contributed by atoms with Crippen LogP contribution in [-0.2, 0) is 0 Å². The first-order valence-electron chi connectivity index (χ1n) is 6.35. The maximum Gasteiger partial charge on any atom is 0.267 e. The maximum atomic E-state index is 11.8. The molecule has 1 saturated heterocycles. The average molecular weight is 235 g/mol. The van der Waals surface area contributed by atoms with Gasteiger partial charge in [0.25, 0.3) is 5.91 Å². The summed E-state index contributed by atoms with van der Waals surface area (Å²) < 4.78 is 0. The minimum Gasteiger partial charge on any atom is -0.357 e. The predicted molar refractivity (Wildman–Crippen MR) is 68.0 cm³/mol. The molecule has 0 spiro atoms. The summed E-state index contributed by atoms with van der Waals surface area (Å²) in [5.74, 6) is 0.0120. The number of hydrogen-bond acceptors (Lipinski definition) is 2. The third-order valence-electron chi connectivity index (χ3n) is 3.44. The molecule has 0 unspecified atom stereocenters. The van der Waals surface area contributed by atoms with Gasteiger partial charge in [-0.25, -0.2) is 0 Å². The van der Waals surface area contributed by atoms with Crippen LogP contribution in [0.15, 0.2) is 18.3 Å². The molecule has 17 heavy (non-hydrogen) atoms. The fraction of sp³-hybridized carbons (Fsp3) is 0.615. The topological polar surface area (TPSA) is 48.1 Å². The number of hydrogen-bond donors (Lipinski definition) is 2. The molecule has 0 atom stereocenters. The van der Waals surface area contributed by atoms with Gasteiger partial charge < -0.3 is 15.2 Å². The van der Waals surface area contributed by atoms with Crippen molar-refractivity contribution in [1.29, 1.82) is 0 Å². The summed E-state index contributed by atoms with van der Waals surface area (Å²) in [7, 11) is 0. The number of likely N-dealkylation sites (tertiary alicyclic amines) is 1. The Bertz CT molecular complexity index is 351. The van der Waals surface area contributed by atoms with Crippen LogP contribution in [-0.4, -0.2) is 41.0 Å². The Morgan fingerprint density at radius 1 is 1.47 bits per heavy atom.